The van der Waals surface area contributed by atoms with Gasteiger partial charge in [0.05, 0.1) is 0 Å². The summed E-state index contributed by atoms with van der Waals surface area (Å²) in [7, 11) is 0. The summed E-state index contributed by atoms with van der Waals surface area (Å²) in [5.74, 6) is -0.256. The number of carbonyl (C=O) groups excluding carboxylic acids is 1. The standard InChI is InChI=1S/C20H19NO4S/c22-19(23)18-11-21(9-10-26-18)20(24)25-12-17-15-7-3-1-5-13(15)14-6-2-4-8-16(14)17/h1-8,17-18H,9-12H2,(H,22,23). The number of fused-ring (bicyclic) bond motifs is 3. The quantitative estimate of drug-likeness (QED) is 0.898. The van der Waals surface area contributed by atoms with Crippen molar-refractivity contribution in [3.63, 3.8) is 0 Å². The monoisotopic (exact) mass is 369 g/mol. The van der Waals surface area contributed by atoms with Gasteiger partial charge in [0.15, 0.2) is 0 Å². The average Bonchev–Trinajstić information content (AvgIpc) is 3.00. The number of benzene rings is 2. The highest BCUT2D eigenvalue weighted by Crippen LogP contribution is 2.44. The third-order valence-electron chi connectivity index (χ3n) is 4.94. The molecule has 134 valence electrons. The fourth-order valence-electron chi connectivity index (χ4n) is 3.65. The van der Waals surface area contributed by atoms with Crippen LogP contribution in [0.25, 0.3) is 11.1 Å². The Labute approximate surface area is 156 Å². The molecular weight excluding hydrogens is 350 g/mol. The van der Waals surface area contributed by atoms with Crippen molar-refractivity contribution in [1.29, 1.82) is 0 Å². The summed E-state index contributed by atoms with van der Waals surface area (Å²) in [5, 5.41) is 8.58. The lowest BCUT2D eigenvalue weighted by atomic mass is 9.98. The number of rotatable bonds is 3. The predicted molar refractivity (Wildman–Crippen MR) is 101 cm³/mol. The van der Waals surface area contributed by atoms with Crippen LogP contribution in [0, 0.1) is 0 Å². The minimum absolute atomic E-state index is 0.0146. The van der Waals surface area contributed by atoms with Crippen molar-refractivity contribution in [3.8, 4) is 11.1 Å². The highest BCUT2D eigenvalue weighted by molar-refractivity contribution is 8.00. The number of ether oxygens (including phenoxy) is 1. The van der Waals surface area contributed by atoms with Gasteiger partial charge in [-0.05, 0) is 22.3 Å². The van der Waals surface area contributed by atoms with Crippen LogP contribution < -0.4 is 0 Å². The van der Waals surface area contributed by atoms with Gasteiger partial charge in [0.1, 0.15) is 11.9 Å². The molecular formula is C20H19NO4S. The largest absolute Gasteiger partial charge is 0.480 e. The van der Waals surface area contributed by atoms with Gasteiger partial charge >= 0.3 is 12.1 Å². The number of hydrogen-bond donors (Lipinski definition) is 1. The molecule has 0 radical (unpaired) electrons. The lowest BCUT2D eigenvalue weighted by Gasteiger charge is -2.30. The Morgan fingerprint density at radius 2 is 1.69 bits per heavy atom. The summed E-state index contributed by atoms with van der Waals surface area (Å²) >= 11 is 1.37. The number of carboxylic acids is 1. The van der Waals surface area contributed by atoms with E-state index >= 15 is 0 Å². The van der Waals surface area contributed by atoms with Gasteiger partial charge in [-0.15, -0.1) is 11.8 Å². The molecule has 2 aromatic carbocycles. The summed E-state index contributed by atoms with van der Waals surface area (Å²) in [5.41, 5.74) is 4.70. The molecule has 5 nitrogen and oxygen atoms in total. The van der Waals surface area contributed by atoms with Crippen LogP contribution in [0.3, 0.4) is 0 Å². The molecule has 1 unspecified atom stereocenters. The van der Waals surface area contributed by atoms with E-state index in [9.17, 15) is 9.59 Å². The highest BCUT2D eigenvalue weighted by Gasteiger charge is 2.32. The molecule has 26 heavy (non-hydrogen) atoms. The van der Waals surface area contributed by atoms with Crippen molar-refractivity contribution >= 4 is 23.8 Å². The summed E-state index contributed by atoms with van der Waals surface area (Å²) in [4.78, 5) is 25.1. The van der Waals surface area contributed by atoms with Crippen LogP contribution in [0.2, 0.25) is 0 Å². The van der Waals surface area contributed by atoms with Crippen LogP contribution in [0.5, 0.6) is 0 Å². The Morgan fingerprint density at radius 1 is 1.08 bits per heavy atom. The van der Waals surface area contributed by atoms with Gasteiger partial charge < -0.3 is 14.7 Å². The van der Waals surface area contributed by atoms with E-state index in [1.807, 2.05) is 24.3 Å². The van der Waals surface area contributed by atoms with Crippen LogP contribution in [0.15, 0.2) is 48.5 Å². The minimum atomic E-state index is -0.883. The number of hydrogen-bond acceptors (Lipinski definition) is 4. The molecule has 1 aliphatic heterocycles. The fourth-order valence-corrected chi connectivity index (χ4v) is 4.69. The molecule has 1 N–H and O–H groups in total. The molecule has 1 amide bonds. The van der Waals surface area contributed by atoms with Crippen molar-refractivity contribution in [3.05, 3.63) is 59.7 Å². The van der Waals surface area contributed by atoms with Gasteiger partial charge in [0, 0.05) is 24.8 Å². The van der Waals surface area contributed by atoms with Gasteiger partial charge in [-0.2, -0.15) is 0 Å². The lowest BCUT2D eigenvalue weighted by molar-refractivity contribution is -0.136. The van der Waals surface area contributed by atoms with E-state index in [1.165, 1.54) is 38.9 Å². The van der Waals surface area contributed by atoms with E-state index in [0.717, 1.165) is 0 Å². The Bertz CT molecular complexity index is 808. The topological polar surface area (TPSA) is 66.8 Å². The first kappa shape index (κ1) is 17.0. The predicted octanol–water partition coefficient (Wildman–Crippen LogP) is 3.44. The van der Waals surface area contributed by atoms with Gasteiger partial charge in [0.25, 0.3) is 0 Å². The van der Waals surface area contributed by atoms with Crippen LogP contribution in [0.4, 0.5) is 4.79 Å². The first-order valence-electron chi connectivity index (χ1n) is 8.59. The summed E-state index contributed by atoms with van der Waals surface area (Å²) < 4.78 is 5.59. The maximum Gasteiger partial charge on any atom is 0.409 e. The van der Waals surface area contributed by atoms with Crippen LogP contribution in [0.1, 0.15) is 17.0 Å². The molecule has 0 aromatic heterocycles. The average molecular weight is 369 g/mol. The van der Waals surface area contributed by atoms with Crippen LogP contribution in [-0.4, -0.2) is 52.8 Å². The molecule has 0 bridgehead atoms. The second-order valence-corrected chi connectivity index (χ2v) is 7.76. The Morgan fingerprint density at radius 3 is 2.31 bits per heavy atom. The fraction of sp³-hybridized carbons (Fsp3) is 0.300. The molecule has 6 heteroatoms. The molecule has 1 aliphatic carbocycles. The third kappa shape index (κ3) is 3.05. The number of carbonyl (C=O) groups is 2. The summed E-state index contributed by atoms with van der Waals surface area (Å²) in [6, 6.07) is 16.4. The number of aliphatic carboxylic acids is 1. The normalized spacial score (nSPS) is 18.9. The molecule has 1 heterocycles. The van der Waals surface area contributed by atoms with E-state index in [4.69, 9.17) is 9.84 Å². The van der Waals surface area contributed by atoms with Crippen LogP contribution >= 0.6 is 11.8 Å². The number of nitrogens with zero attached hydrogens (tertiary/aromatic N) is 1. The molecule has 2 aliphatic rings. The maximum absolute atomic E-state index is 12.4. The molecule has 1 atom stereocenters. The first-order valence-corrected chi connectivity index (χ1v) is 9.64. The van der Waals surface area contributed by atoms with Gasteiger partial charge in [-0.25, -0.2) is 4.79 Å². The van der Waals surface area contributed by atoms with Crippen molar-refractivity contribution in [1.82, 2.24) is 4.90 Å². The van der Waals surface area contributed by atoms with E-state index < -0.39 is 17.3 Å². The summed E-state index contributed by atoms with van der Waals surface area (Å²) in [6.07, 6.45) is -0.432. The smallest absolute Gasteiger partial charge is 0.409 e. The lowest BCUT2D eigenvalue weighted by Crippen LogP contribution is -2.45. The molecule has 0 spiro atoms. The van der Waals surface area contributed by atoms with Crippen LogP contribution in [-0.2, 0) is 9.53 Å². The molecule has 2 aromatic rings. The van der Waals surface area contributed by atoms with Crippen molar-refractivity contribution < 1.29 is 19.4 Å². The Balaban J connectivity index is 1.48. The second kappa shape index (κ2) is 7.03. The van der Waals surface area contributed by atoms with Gasteiger partial charge in [-0.3, -0.25) is 4.79 Å². The zero-order chi connectivity index (χ0) is 18.1. The number of thioether (sulfide) groups is 1. The number of amides is 1. The summed E-state index contributed by atoms with van der Waals surface area (Å²) in [6.45, 7) is 0.968. The molecule has 0 saturated carbocycles. The molecule has 4 rings (SSSR count). The maximum atomic E-state index is 12.4. The van der Waals surface area contributed by atoms with Gasteiger partial charge in [-0.1, -0.05) is 48.5 Å². The molecule has 1 fully saturated rings. The SMILES string of the molecule is O=C(O)C1CN(C(=O)OCC2c3ccccc3-c3ccccc32)CCS1. The Hall–Kier alpha value is -2.47. The number of carboxylic acid groups (broad SMARTS) is 1. The second-order valence-electron chi connectivity index (χ2n) is 6.45. The third-order valence-corrected chi connectivity index (χ3v) is 6.11. The van der Waals surface area contributed by atoms with Crippen molar-refractivity contribution in [2.75, 3.05) is 25.4 Å². The highest BCUT2D eigenvalue weighted by atomic mass is 32.2. The zero-order valence-electron chi connectivity index (χ0n) is 14.1. The van der Waals surface area contributed by atoms with E-state index in [0.29, 0.717) is 12.3 Å². The van der Waals surface area contributed by atoms with E-state index in [2.05, 4.69) is 24.3 Å². The van der Waals surface area contributed by atoms with E-state index in [1.54, 1.807) is 0 Å². The molecule has 1 saturated heterocycles. The van der Waals surface area contributed by atoms with E-state index in [-0.39, 0.29) is 19.1 Å². The minimum Gasteiger partial charge on any atom is -0.480 e. The van der Waals surface area contributed by atoms with Crippen molar-refractivity contribution in [2.45, 2.75) is 11.2 Å². The first-order chi connectivity index (χ1) is 12.6. The van der Waals surface area contributed by atoms with Crippen molar-refractivity contribution in [2.24, 2.45) is 0 Å². The zero-order valence-corrected chi connectivity index (χ0v) is 14.9. The Kier molecular flexibility index (Phi) is 4.59. The van der Waals surface area contributed by atoms with Gasteiger partial charge in [0.2, 0.25) is 0 Å².